The molecule has 0 heterocycles. The first kappa shape index (κ1) is 13.2. The fourth-order valence-corrected chi connectivity index (χ4v) is 3.16. The highest BCUT2D eigenvalue weighted by molar-refractivity contribution is 7.91. The predicted molar refractivity (Wildman–Crippen MR) is 66.8 cm³/mol. The molecule has 0 amide bonds. The molecule has 4 heteroatoms. The third-order valence-electron chi connectivity index (χ3n) is 2.53. The number of benzene rings is 1. The number of sulfone groups is 1. The fourth-order valence-electron chi connectivity index (χ4n) is 1.62. The molecule has 0 aromatic heterocycles. The molecule has 2 atom stereocenters. The van der Waals surface area contributed by atoms with Crippen molar-refractivity contribution in [2.45, 2.75) is 37.3 Å². The van der Waals surface area contributed by atoms with Gasteiger partial charge in [-0.1, -0.05) is 30.3 Å². The first-order valence-corrected chi connectivity index (χ1v) is 7.14. The van der Waals surface area contributed by atoms with Crippen LogP contribution in [0.25, 0.3) is 0 Å². The van der Waals surface area contributed by atoms with Gasteiger partial charge in [0.15, 0.2) is 9.84 Å². The zero-order valence-electron chi connectivity index (χ0n) is 9.76. The zero-order chi connectivity index (χ0) is 12.2. The largest absolute Gasteiger partial charge is 0.328 e. The van der Waals surface area contributed by atoms with Crippen LogP contribution in [0.1, 0.15) is 25.8 Å². The van der Waals surface area contributed by atoms with Crippen LogP contribution < -0.4 is 5.73 Å². The lowest BCUT2D eigenvalue weighted by Crippen LogP contribution is -2.27. The molecule has 1 rings (SSSR count). The van der Waals surface area contributed by atoms with Gasteiger partial charge in [0.1, 0.15) is 0 Å². The van der Waals surface area contributed by atoms with Crippen LogP contribution in [0.2, 0.25) is 0 Å². The normalized spacial score (nSPS) is 15.7. The fraction of sp³-hybridized carbons (Fsp3) is 0.500. The van der Waals surface area contributed by atoms with E-state index in [0.717, 1.165) is 5.56 Å². The van der Waals surface area contributed by atoms with E-state index in [9.17, 15) is 8.42 Å². The summed E-state index contributed by atoms with van der Waals surface area (Å²) in [6.45, 7) is 3.55. The Bertz CT molecular complexity index is 412. The molecule has 1 aromatic carbocycles. The molecule has 0 aliphatic carbocycles. The van der Waals surface area contributed by atoms with E-state index in [1.165, 1.54) is 0 Å². The third kappa shape index (κ3) is 3.94. The van der Waals surface area contributed by atoms with Crippen molar-refractivity contribution in [2.75, 3.05) is 0 Å². The average molecular weight is 241 g/mol. The van der Waals surface area contributed by atoms with Crippen LogP contribution in [0.5, 0.6) is 0 Å². The minimum absolute atomic E-state index is 0.0828. The molecular weight excluding hydrogens is 222 g/mol. The Morgan fingerprint density at radius 3 is 2.25 bits per heavy atom. The van der Waals surface area contributed by atoms with Crippen molar-refractivity contribution < 1.29 is 8.42 Å². The number of nitrogens with two attached hydrogens (primary N) is 1. The van der Waals surface area contributed by atoms with Crippen LogP contribution in [-0.2, 0) is 15.6 Å². The smallest absolute Gasteiger partial charge is 0.157 e. The van der Waals surface area contributed by atoms with E-state index in [4.69, 9.17) is 5.73 Å². The van der Waals surface area contributed by atoms with Crippen LogP contribution >= 0.6 is 0 Å². The number of rotatable bonds is 5. The molecule has 2 unspecified atom stereocenters. The van der Waals surface area contributed by atoms with Gasteiger partial charge in [0, 0.05) is 6.04 Å². The van der Waals surface area contributed by atoms with Crippen molar-refractivity contribution in [3.05, 3.63) is 35.9 Å². The van der Waals surface area contributed by atoms with Gasteiger partial charge in [0.25, 0.3) is 0 Å². The molecule has 0 fully saturated rings. The molecule has 0 saturated heterocycles. The van der Waals surface area contributed by atoms with E-state index in [1.54, 1.807) is 6.92 Å². The molecule has 0 aliphatic rings. The standard InChI is InChI=1S/C12H19NO2S/c1-10(13)8-11(2)16(14,15)9-12-6-4-3-5-7-12/h3-7,10-11H,8-9,13H2,1-2H3. The highest BCUT2D eigenvalue weighted by Crippen LogP contribution is 2.14. The average Bonchev–Trinajstić information content (AvgIpc) is 2.17. The maximum atomic E-state index is 12.0. The summed E-state index contributed by atoms with van der Waals surface area (Å²) in [5.74, 6) is 0.0989. The zero-order valence-corrected chi connectivity index (χ0v) is 10.6. The molecule has 0 aliphatic heterocycles. The second-order valence-electron chi connectivity index (χ2n) is 4.32. The summed E-state index contributed by atoms with van der Waals surface area (Å²) in [7, 11) is -3.09. The summed E-state index contributed by atoms with van der Waals surface area (Å²) < 4.78 is 24.0. The summed E-state index contributed by atoms with van der Waals surface area (Å²) in [6.07, 6.45) is 0.509. The number of hydrogen-bond acceptors (Lipinski definition) is 3. The van der Waals surface area contributed by atoms with Crippen molar-refractivity contribution in [3.8, 4) is 0 Å². The Balaban J connectivity index is 2.72. The van der Waals surface area contributed by atoms with E-state index in [0.29, 0.717) is 6.42 Å². The van der Waals surface area contributed by atoms with Crippen LogP contribution in [0.3, 0.4) is 0 Å². The summed E-state index contributed by atoms with van der Waals surface area (Å²) in [6, 6.07) is 9.15. The first-order valence-electron chi connectivity index (χ1n) is 5.43. The molecule has 16 heavy (non-hydrogen) atoms. The minimum Gasteiger partial charge on any atom is -0.328 e. The lowest BCUT2D eigenvalue weighted by atomic mass is 10.2. The maximum absolute atomic E-state index is 12.0. The van der Waals surface area contributed by atoms with Gasteiger partial charge in [-0.25, -0.2) is 8.42 Å². The van der Waals surface area contributed by atoms with Gasteiger partial charge in [0.2, 0.25) is 0 Å². The first-order chi connectivity index (χ1) is 7.42. The topological polar surface area (TPSA) is 60.2 Å². The van der Waals surface area contributed by atoms with Crippen LogP contribution in [0, 0.1) is 0 Å². The van der Waals surface area contributed by atoms with Gasteiger partial charge < -0.3 is 5.73 Å². The number of hydrogen-bond donors (Lipinski definition) is 1. The lowest BCUT2D eigenvalue weighted by molar-refractivity contribution is 0.562. The van der Waals surface area contributed by atoms with E-state index >= 15 is 0 Å². The highest BCUT2D eigenvalue weighted by Gasteiger charge is 2.22. The van der Waals surface area contributed by atoms with Gasteiger partial charge >= 0.3 is 0 Å². The predicted octanol–water partition coefficient (Wildman–Crippen LogP) is 1.73. The Morgan fingerprint density at radius 2 is 1.75 bits per heavy atom. The van der Waals surface area contributed by atoms with Crippen LogP contribution in [-0.4, -0.2) is 19.7 Å². The molecule has 0 bridgehead atoms. The molecular formula is C12H19NO2S. The monoisotopic (exact) mass is 241 g/mol. The lowest BCUT2D eigenvalue weighted by Gasteiger charge is -2.14. The molecule has 3 nitrogen and oxygen atoms in total. The Hall–Kier alpha value is -0.870. The Kier molecular flexibility index (Phi) is 4.50. The van der Waals surface area contributed by atoms with Gasteiger partial charge in [-0.15, -0.1) is 0 Å². The van der Waals surface area contributed by atoms with E-state index in [1.807, 2.05) is 37.3 Å². The summed E-state index contributed by atoms with van der Waals surface area (Å²) in [5, 5.41) is -0.382. The Morgan fingerprint density at radius 1 is 1.19 bits per heavy atom. The second-order valence-corrected chi connectivity index (χ2v) is 6.74. The van der Waals surface area contributed by atoms with Crippen molar-refractivity contribution in [1.82, 2.24) is 0 Å². The van der Waals surface area contributed by atoms with Crippen LogP contribution in [0.15, 0.2) is 30.3 Å². The van der Waals surface area contributed by atoms with Gasteiger partial charge in [-0.2, -0.15) is 0 Å². The van der Waals surface area contributed by atoms with E-state index in [2.05, 4.69) is 0 Å². The van der Waals surface area contributed by atoms with Crippen molar-refractivity contribution in [2.24, 2.45) is 5.73 Å². The molecule has 1 aromatic rings. The van der Waals surface area contributed by atoms with Crippen molar-refractivity contribution in [3.63, 3.8) is 0 Å². The van der Waals surface area contributed by atoms with E-state index < -0.39 is 9.84 Å². The highest BCUT2D eigenvalue weighted by atomic mass is 32.2. The van der Waals surface area contributed by atoms with E-state index in [-0.39, 0.29) is 17.0 Å². The molecule has 2 N–H and O–H groups in total. The minimum atomic E-state index is -3.09. The van der Waals surface area contributed by atoms with Crippen molar-refractivity contribution >= 4 is 9.84 Å². The summed E-state index contributed by atoms with van der Waals surface area (Å²) >= 11 is 0. The molecule has 0 saturated carbocycles. The molecule has 0 radical (unpaired) electrons. The van der Waals surface area contributed by atoms with Gasteiger partial charge in [0.05, 0.1) is 11.0 Å². The quantitative estimate of drug-likeness (QED) is 0.854. The van der Waals surface area contributed by atoms with Gasteiger partial charge in [-0.3, -0.25) is 0 Å². The molecule has 90 valence electrons. The van der Waals surface area contributed by atoms with Crippen LogP contribution in [0.4, 0.5) is 0 Å². The Labute approximate surface area is 97.6 Å². The maximum Gasteiger partial charge on any atom is 0.157 e. The SMILES string of the molecule is CC(N)CC(C)S(=O)(=O)Cc1ccccc1. The van der Waals surface area contributed by atoms with Gasteiger partial charge in [-0.05, 0) is 25.8 Å². The second kappa shape index (κ2) is 5.46. The van der Waals surface area contributed by atoms with Crippen molar-refractivity contribution in [1.29, 1.82) is 0 Å². The summed E-state index contributed by atoms with van der Waals surface area (Å²) in [5.41, 5.74) is 6.45. The summed E-state index contributed by atoms with van der Waals surface area (Å²) in [4.78, 5) is 0. The third-order valence-corrected chi connectivity index (χ3v) is 4.68. The molecule has 0 spiro atoms.